The molecule has 4 heteroatoms. The Morgan fingerprint density at radius 3 is 2.47 bits per heavy atom. The summed E-state index contributed by atoms with van der Waals surface area (Å²) in [6.07, 6.45) is -0.259. The van der Waals surface area contributed by atoms with E-state index >= 15 is 0 Å². The Bertz CT molecular complexity index is 506. The zero-order valence-corrected chi connectivity index (χ0v) is 7.91. The Kier molecular flexibility index (Phi) is 1.78. The lowest BCUT2D eigenvalue weighted by atomic mass is 10.1. The van der Waals surface area contributed by atoms with Crippen molar-refractivity contribution < 1.29 is 0 Å². The highest BCUT2D eigenvalue weighted by Crippen LogP contribution is 2.35. The Morgan fingerprint density at radius 1 is 0.800 bits per heavy atom. The van der Waals surface area contributed by atoms with Crippen LogP contribution in [0.4, 0.5) is 0 Å². The third-order valence-corrected chi connectivity index (χ3v) is 2.47. The summed E-state index contributed by atoms with van der Waals surface area (Å²) in [7, 11) is 0. The van der Waals surface area contributed by atoms with Crippen molar-refractivity contribution in [3.8, 4) is 11.1 Å². The van der Waals surface area contributed by atoms with Crippen molar-refractivity contribution in [2.24, 2.45) is 20.7 Å². The number of nitrogens with zero attached hydrogens (tertiary/aromatic N) is 4. The number of hydrogen-bond donors (Lipinski definition) is 0. The molecule has 4 nitrogen and oxygen atoms in total. The second kappa shape index (κ2) is 3.24. The van der Waals surface area contributed by atoms with Crippen LogP contribution in [0.1, 0.15) is 11.7 Å². The van der Waals surface area contributed by atoms with E-state index in [-0.39, 0.29) is 6.17 Å². The second-order valence-corrected chi connectivity index (χ2v) is 3.35. The fraction of sp³-hybridized carbons (Fsp3) is 0.0909. The molecule has 72 valence electrons. The molecule has 1 aliphatic heterocycles. The highest BCUT2D eigenvalue weighted by Gasteiger charge is 2.18. The average molecular weight is 196 g/mol. The van der Waals surface area contributed by atoms with Crippen LogP contribution in [-0.2, 0) is 0 Å². The highest BCUT2D eigenvalue weighted by molar-refractivity contribution is 5.70. The normalized spacial score (nSPS) is 15.2. The molecule has 0 bridgehead atoms. The Labute approximate surface area is 86.7 Å². The van der Waals surface area contributed by atoms with E-state index in [0.29, 0.717) is 0 Å². The molecule has 0 spiro atoms. The fourth-order valence-corrected chi connectivity index (χ4v) is 1.76. The quantitative estimate of drug-likeness (QED) is 0.668. The maximum absolute atomic E-state index is 3.94. The maximum Gasteiger partial charge on any atom is 0.211 e. The standard InChI is InChI=1S/C11H8N4/c1-2-4-8-6-7-10(9(8)5-3-1)11-12-14-15-13-11/h1-7,11H. The van der Waals surface area contributed by atoms with Gasteiger partial charge >= 0.3 is 0 Å². The van der Waals surface area contributed by atoms with E-state index in [1.54, 1.807) is 0 Å². The van der Waals surface area contributed by atoms with Gasteiger partial charge in [-0.3, -0.25) is 0 Å². The minimum Gasteiger partial charge on any atom is -0.133 e. The van der Waals surface area contributed by atoms with Gasteiger partial charge in [0, 0.05) is 5.56 Å². The Morgan fingerprint density at radius 2 is 1.60 bits per heavy atom. The van der Waals surface area contributed by atoms with Gasteiger partial charge in [-0.05, 0) is 21.6 Å². The zero-order chi connectivity index (χ0) is 10.1. The first kappa shape index (κ1) is 8.23. The molecule has 0 radical (unpaired) electrons. The molecular formula is C11H8N4. The van der Waals surface area contributed by atoms with Crippen LogP contribution in [0.2, 0.25) is 0 Å². The first-order valence-electron chi connectivity index (χ1n) is 4.73. The van der Waals surface area contributed by atoms with Gasteiger partial charge in [-0.2, -0.15) is 0 Å². The first-order chi connectivity index (χ1) is 7.45. The predicted molar refractivity (Wildman–Crippen MR) is 55.5 cm³/mol. The summed E-state index contributed by atoms with van der Waals surface area (Å²) in [6.45, 7) is 0. The van der Waals surface area contributed by atoms with Crippen LogP contribution in [0, 0.1) is 0 Å². The van der Waals surface area contributed by atoms with E-state index in [1.165, 1.54) is 5.56 Å². The van der Waals surface area contributed by atoms with E-state index in [9.17, 15) is 0 Å². The summed E-state index contributed by atoms with van der Waals surface area (Å²) in [5.74, 6) is 0. The summed E-state index contributed by atoms with van der Waals surface area (Å²) in [6, 6.07) is 14.3. The van der Waals surface area contributed by atoms with Gasteiger partial charge in [0.25, 0.3) is 0 Å². The molecular weight excluding hydrogens is 188 g/mol. The van der Waals surface area contributed by atoms with Crippen molar-refractivity contribution in [2.45, 2.75) is 6.17 Å². The molecule has 2 aliphatic carbocycles. The van der Waals surface area contributed by atoms with Crippen LogP contribution in [0.25, 0.3) is 11.1 Å². The van der Waals surface area contributed by atoms with Crippen molar-refractivity contribution in [3.05, 3.63) is 48.0 Å². The first-order valence-corrected chi connectivity index (χ1v) is 4.73. The van der Waals surface area contributed by atoms with Gasteiger partial charge in [-0.1, -0.05) is 42.5 Å². The van der Waals surface area contributed by atoms with Crippen LogP contribution < -0.4 is 0 Å². The summed E-state index contributed by atoms with van der Waals surface area (Å²) in [4.78, 5) is 0. The van der Waals surface area contributed by atoms with Crippen LogP contribution in [0.15, 0.2) is 63.1 Å². The van der Waals surface area contributed by atoms with Crippen molar-refractivity contribution >= 4 is 0 Å². The SMILES string of the molecule is c1ccc2ccc(C3N=NN=N3)c-2cc1. The van der Waals surface area contributed by atoms with Crippen LogP contribution >= 0.6 is 0 Å². The fourth-order valence-electron chi connectivity index (χ4n) is 1.76. The van der Waals surface area contributed by atoms with Gasteiger partial charge in [-0.25, -0.2) is 0 Å². The van der Waals surface area contributed by atoms with E-state index in [4.69, 9.17) is 0 Å². The van der Waals surface area contributed by atoms with Gasteiger partial charge < -0.3 is 0 Å². The summed E-state index contributed by atoms with van der Waals surface area (Å²) >= 11 is 0. The lowest BCUT2D eigenvalue weighted by Crippen LogP contribution is -1.86. The topological polar surface area (TPSA) is 49.4 Å². The lowest BCUT2D eigenvalue weighted by Gasteiger charge is -2.01. The summed E-state index contributed by atoms with van der Waals surface area (Å²) in [5, 5.41) is 14.9. The minimum absolute atomic E-state index is 0.259. The number of hydrogen-bond acceptors (Lipinski definition) is 4. The van der Waals surface area contributed by atoms with Crippen LogP contribution in [0.3, 0.4) is 0 Å². The summed E-state index contributed by atoms with van der Waals surface area (Å²) in [5.41, 5.74) is 3.41. The molecule has 0 fully saturated rings. The molecule has 0 amide bonds. The van der Waals surface area contributed by atoms with Gasteiger partial charge in [0.1, 0.15) is 0 Å². The average Bonchev–Trinajstić information content (AvgIpc) is 2.83. The molecule has 0 atom stereocenters. The number of fused-ring (bicyclic) bond motifs is 1. The zero-order valence-electron chi connectivity index (χ0n) is 7.91. The molecule has 1 heterocycles. The third-order valence-electron chi connectivity index (χ3n) is 2.47. The van der Waals surface area contributed by atoms with Crippen molar-refractivity contribution in [2.75, 3.05) is 0 Å². The largest absolute Gasteiger partial charge is 0.211 e. The minimum atomic E-state index is -0.259. The van der Waals surface area contributed by atoms with E-state index in [0.717, 1.165) is 11.1 Å². The smallest absolute Gasteiger partial charge is 0.133 e. The molecule has 0 aromatic heterocycles. The van der Waals surface area contributed by atoms with Gasteiger partial charge in [-0.15, -0.1) is 10.2 Å². The Balaban J connectivity index is 2.15. The monoisotopic (exact) mass is 196 g/mol. The van der Waals surface area contributed by atoms with Crippen molar-refractivity contribution in [3.63, 3.8) is 0 Å². The Hall–Kier alpha value is -2.10. The third kappa shape index (κ3) is 1.30. The molecule has 0 saturated heterocycles. The molecule has 0 saturated carbocycles. The maximum atomic E-state index is 3.94. The molecule has 3 rings (SSSR count). The summed E-state index contributed by atoms with van der Waals surface area (Å²) < 4.78 is 0. The van der Waals surface area contributed by atoms with E-state index in [1.807, 2.05) is 24.3 Å². The van der Waals surface area contributed by atoms with Crippen LogP contribution in [0.5, 0.6) is 0 Å². The second-order valence-electron chi connectivity index (χ2n) is 3.35. The molecule has 0 unspecified atom stereocenters. The van der Waals surface area contributed by atoms with E-state index < -0.39 is 0 Å². The van der Waals surface area contributed by atoms with Crippen molar-refractivity contribution in [1.82, 2.24) is 0 Å². The molecule has 0 aromatic rings. The lowest BCUT2D eigenvalue weighted by molar-refractivity contribution is 0.770. The van der Waals surface area contributed by atoms with E-state index in [2.05, 4.69) is 38.9 Å². The van der Waals surface area contributed by atoms with Crippen LogP contribution in [-0.4, -0.2) is 0 Å². The molecule has 0 N–H and O–H groups in total. The van der Waals surface area contributed by atoms with Crippen molar-refractivity contribution in [1.29, 1.82) is 0 Å². The van der Waals surface area contributed by atoms with Gasteiger partial charge in [0.2, 0.25) is 6.17 Å². The molecule has 15 heavy (non-hydrogen) atoms. The molecule has 3 aliphatic rings. The van der Waals surface area contributed by atoms with Gasteiger partial charge in [0.05, 0.1) is 0 Å². The predicted octanol–water partition coefficient (Wildman–Crippen LogP) is 3.62. The highest BCUT2D eigenvalue weighted by atomic mass is 15.6. The molecule has 0 aromatic carbocycles. The number of rotatable bonds is 1. The van der Waals surface area contributed by atoms with Gasteiger partial charge in [0.15, 0.2) is 0 Å².